The number of esters is 1. The molecule has 0 amide bonds. The number of piperazine rings is 1. The van der Waals surface area contributed by atoms with Crippen molar-refractivity contribution in [2.24, 2.45) is 0 Å². The Morgan fingerprint density at radius 3 is 2.86 bits per heavy atom. The zero-order valence-electron chi connectivity index (χ0n) is 12.4. The molecule has 1 N–H and O–H groups in total. The molecule has 1 atom stereocenters. The van der Waals surface area contributed by atoms with E-state index in [-0.39, 0.29) is 23.2 Å². The minimum absolute atomic E-state index is 0.0528. The molecule has 1 aliphatic heterocycles. The smallest absolute Gasteiger partial charge is 0.342 e. The van der Waals surface area contributed by atoms with E-state index in [1.54, 1.807) is 6.92 Å². The van der Waals surface area contributed by atoms with Crippen LogP contribution in [0.25, 0.3) is 0 Å². The van der Waals surface area contributed by atoms with Crippen LogP contribution in [0.5, 0.6) is 0 Å². The third kappa shape index (κ3) is 3.09. The van der Waals surface area contributed by atoms with Crippen molar-refractivity contribution < 1.29 is 17.9 Å². The molecule has 0 bridgehead atoms. The van der Waals surface area contributed by atoms with Gasteiger partial charge in [-0.15, -0.1) is 0 Å². The highest BCUT2D eigenvalue weighted by atomic mass is 32.2. The monoisotopic (exact) mass is 316 g/mol. The third-order valence-corrected chi connectivity index (χ3v) is 5.42. The van der Waals surface area contributed by atoms with Gasteiger partial charge in [-0.1, -0.05) is 0 Å². The minimum Gasteiger partial charge on any atom is -0.462 e. The number of sulfonamides is 1. The molecule has 0 aromatic carbocycles. The minimum atomic E-state index is -3.80. The molecule has 2 heterocycles. The second-order valence-electron chi connectivity index (χ2n) is 5.06. The normalized spacial score (nSPS) is 21.4. The lowest BCUT2D eigenvalue weighted by atomic mass is 10.2. The maximum Gasteiger partial charge on any atom is 0.342 e. The van der Waals surface area contributed by atoms with Gasteiger partial charge in [0.15, 0.2) is 5.03 Å². The van der Waals surface area contributed by atoms with Crippen molar-refractivity contribution in [2.45, 2.75) is 24.9 Å². The number of aromatic amines is 1. The highest BCUT2D eigenvalue weighted by Crippen LogP contribution is 2.22. The molecule has 0 radical (unpaired) electrons. The van der Waals surface area contributed by atoms with Crippen LogP contribution in [0.2, 0.25) is 0 Å². The van der Waals surface area contributed by atoms with Crippen molar-refractivity contribution in [1.29, 1.82) is 0 Å². The van der Waals surface area contributed by atoms with Gasteiger partial charge < -0.3 is 9.64 Å². The lowest BCUT2D eigenvalue weighted by molar-refractivity contribution is 0.0521. The predicted octanol–water partition coefficient (Wildman–Crippen LogP) is -0.0890. The number of nitrogens with one attached hydrogen (secondary N) is 1. The Kier molecular flexibility index (Phi) is 4.64. The Morgan fingerprint density at radius 1 is 1.52 bits per heavy atom. The van der Waals surface area contributed by atoms with E-state index >= 15 is 0 Å². The average Bonchev–Trinajstić information content (AvgIpc) is 2.88. The number of ether oxygens (including phenoxy) is 1. The van der Waals surface area contributed by atoms with Crippen molar-refractivity contribution in [2.75, 3.05) is 33.3 Å². The summed E-state index contributed by atoms with van der Waals surface area (Å²) >= 11 is 0. The molecule has 1 unspecified atom stereocenters. The number of hydrogen-bond donors (Lipinski definition) is 1. The van der Waals surface area contributed by atoms with Crippen molar-refractivity contribution >= 4 is 16.0 Å². The number of H-pyrrole nitrogens is 1. The fraction of sp³-hybridized carbons (Fsp3) is 0.667. The van der Waals surface area contributed by atoms with E-state index in [9.17, 15) is 13.2 Å². The molecule has 1 aromatic heterocycles. The number of carbonyl (C=O) groups excluding carboxylic acids is 1. The zero-order chi connectivity index (χ0) is 15.6. The molecule has 1 aliphatic rings. The van der Waals surface area contributed by atoms with Crippen molar-refractivity contribution in [3.05, 3.63) is 11.8 Å². The van der Waals surface area contributed by atoms with Crippen LogP contribution in [-0.4, -0.2) is 73.1 Å². The Balaban J connectivity index is 2.32. The van der Waals surface area contributed by atoms with Gasteiger partial charge in [-0.2, -0.15) is 9.40 Å². The number of nitrogens with zero attached hydrogens (tertiary/aromatic N) is 3. The van der Waals surface area contributed by atoms with Gasteiger partial charge in [0.05, 0.1) is 12.8 Å². The van der Waals surface area contributed by atoms with Crippen LogP contribution < -0.4 is 0 Å². The summed E-state index contributed by atoms with van der Waals surface area (Å²) in [4.78, 5) is 13.9. The van der Waals surface area contributed by atoms with Crippen molar-refractivity contribution in [3.8, 4) is 0 Å². The van der Waals surface area contributed by atoms with E-state index in [0.29, 0.717) is 19.6 Å². The van der Waals surface area contributed by atoms with Gasteiger partial charge in [-0.25, -0.2) is 13.2 Å². The molecule has 1 saturated heterocycles. The first-order chi connectivity index (χ1) is 9.87. The first kappa shape index (κ1) is 15.9. The molecule has 0 aliphatic carbocycles. The molecule has 0 spiro atoms. The highest BCUT2D eigenvalue weighted by molar-refractivity contribution is 7.89. The number of aromatic nitrogens is 2. The summed E-state index contributed by atoms with van der Waals surface area (Å²) in [6.45, 7) is 5.34. The van der Waals surface area contributed by atoms with E-state index in [1.807, 2.05) is 14.0 Å². The molecule has 21 heavy (non-hydrogen) atoms. The highest BCUT2D eigenvalue weighted by Gasteiger charge is 2.36. The fourth-order valence-electron chi connectivity index (χ4n) is 2.42. The van der Waals surface area contributed by atoms with Crippen LogP contribution in [0.3, 0.4) is 0 Å². The van der Waals surface area contributed by atoms with E-state index in [1.165, 1.54) is 10.5 Å². The molecule has 0 saturated carbocycles. The summed E-state index contributed by atoms with van der Waals surface area (Å²) in [5.74, 6) is -0.688. The van der Waals surface area contributed by atoms with Gasteiger partial charge in [0.25, 0.3) is 10.0 Å². The summed E-state index contributed by atoms with van der Waals surface area (Å²) in [6, 6.07) is -0.174. The van der Waals surface area contributed by atoms with E-state index in [0.717, 1.165) is 0 Å². The molecule has 1 aromatic rings. The van der Waals surface area contributed by atoms with Crippen LogP contribution in [0.1, 0.15) is 24.2 Å². The second kappa shape index (κ2) is 6.12. The van der Waals surface area contributed by atoms with Crippen LogP contribution >= 0.6 is 0 Å². The summed E-state index contributed by atoms with van der Waals surface area (Å²) in [7, 11) is -1.85. The van der Waals surface area contributed by atoms with Gasteiger partial charge in [-0.05, 0) is 20.9 Å². The number of hydrogen-bond acceptors (Lipinski definition) is 6. The number of likely N-dealkylation sites (N-methyl/N-ethyl adjacent to an activating group) is 1. The SMILES string of the molecule is CCOC(=O)c1cn[nH]c1S(=O)(=O)N1CCN(C)CC1C. The first-order valence-corrected chi connectivity index (χ1v) is 8.22. The lowest BCUT2D eigenvalue weighted by Crippen LogP contribution is -2.52. The zero-order valence-corrected chi connectivity index (χ0v) is 13.2. The maximum absolute atomic E-state index is 12.7. The summed E-state index contributed by atoms with van der Waals surface area (Å²) in [5.41, 5.74) is -0.0528. The largest absolute Gasteiger partial charge is 0.462 e. The van der Waals surface area contributed by atoms with Crippen molar-refractivity contribution in [3.63, 3.8) is 0 Å². The van der Waals surface area contributed by atoms with Crippen molar-refractivity contribution in [1.82, 2.24) is 19.4 Å². The topological polar surface area (TPSA) is 95.6 Å². The molecule has 9 heteroatoms. The van der Waals surface area contributed by atoms with Gasteiger partial charge >= 0.3 is 5.97 Å². The molecule has 2 rings (SSSR count). The summed E-state index contributed by atoms with van der Waals surface area (Å²) in [5, 5.41) is 5.91. The first-order valence-electron chi connectivity index (χ1n) is 6.78. The Morgan fingerprint density at radius 2 is 2.24 bits per heavy atom. The van der Waals surface area contributed by atoms with Gasteiger partial charge in [-0.3, -0.25) is 5.10 Å². The summed E-state index contributed by atoms with van der Waals surface area (Å²) in [6.07, 6.45) is 1.19. The molecular weight excluding hydrogens is 296 g/mol. The maximum atomic E-state index is 12.7. The van der Waals surface area contributed by atoms with Gasteiger partial charge in [0, 0.05) is 25.7 Å². The quantitative estimate of drug-likeness (QED) is 0.780. The van der Waals surface area contributed by atoms with E-state index in [2.05, 4.69) is 15.1 Å². The van der Waals surface area contributed by atoms with Gasteiger partial charge in [0.1, 0.15) is 5.56 Å². The van der Waals surface area contributed by atoms with E-state index in [4.69, 9.17) is 4.74 Å². The van der Waals surface area contributed by atoms with Crippen LogP contribution in [0.4, 0.5) is 0 Å². The summed E-state index contributed by atoms with van der Waals surface area (Å²) < 4.78 is 31.7. The Hall–Kier alpha value is -1.45. The molecule has 118 valence electrons. The molecular formula is C12H20N4O4S. The average molecular weight is 316 g/mol. The number of rotatable bonds is 4. The lowest BCUT2D eigenvalue weighted by Gasteiger charge is -2.36. The van der Waals surface area contributed by atoms with E-state index < -0.39 is 16.0 Å². The predicted molar refractivity (Wildman–Crippen MR) is 75.4 cm³/mol. The van der Waals surface area contributed by atoms with Crippen LogP contribution in [0, 0.1) is 0 Å². The third-order valence-electron chi connectivity index (χ3n) is 3.44. The Bertz CT molecular complexity index is 613. The van der Waals surface area contributed by atoms with Gasteiger partial charge in [0.2, 0.25) is 0 Å². The van der Waals surface area contributed by atoms with Crippen LogP contribution in [-0.2, 0) is 14.8 Å². The Labute approximate surface area is 124 Å². The molecule has 8 nitrogen and oxygen atoms in total. The fourth-order valence-corrected chi connectivity index (χ4v) is 4.10. The second-order valence-corrected chi connectivity index (χ2v) is 6.89. The van der Waals surface area contributed by atoms with Crippen LogP contribution in [0.15, 0.2) is 11.2 Å². The standard InChI is InChI=1S/C12H20N4O4S/c1-4-20-12(17)10-7-13-14-11(10)21(18,19)16-6-5-15(3)8-9(16)2/h7,9H,4-6,8H2,1-3H3,(H,13,14). The molecule has 1 fully saturated rings. The number of carbonyl (C=O) groups is 1.